The number of nitrogens with zero attached hydrogens (tertiary/aromatic N) is 3. The topological polar surface area (TPSA) is 76.3 Å². The van der Waals surface area contributed by atoms with Crippen molar-refractivity contribution < 1.29 is 4.74 Å². The number of nitrogens with one attached hydrogen (secondary N) is 1. The second kappa shape index (κ2) is 6.85. The molecular weight excluding hydrogens is 254 g/mol. The highest BCUT2D eigenvalue weighted by Gasteiger charge is 2.28. The van der Waals surface area contributed by atoms with Crippen molar-refractivity contribution in [2.45, 2.75) is 39.2 Å². The van der Waals surface area contributed by atoms with Crippen molar-refractivity contribution in [1.82, 2.24) is 9.97 Å². The summed E-state index contributed by atoms with van der Waals surface area (Å²) in [5.74, 6) is 7.87. The van der Waals surface area contributed by atoms with E-state index in [2.05, 4.69) is 34.1 Å². The Morgan fingerprint density at radius 1 is 1.50 bits per heavy atom. The van der Waals surface area contributed by atoms with Gasteiger partial charge in [0.25, 0.3) is 0 Å². The van der Waals surface area contributed by atoms with Crippen LogP contribution in [0.1, 0.15) is 32.3 Å². The Balaban J connectivity index is 2.27. The van der Waals surface area contributed by atoms with Gasteiger partial charge in [-0.15, -0.1) is 0 Å². The van der Waals surface area contributed by atoms with E-state index in [0.717, 1.165) is 49.6 Å². The lowest BCUT2D eigenvalue weighted by atomic mass is 9.95. The number of nitrogen functional groups attached to an aromatic ring is 1. The van der Waals surface area contributed by atoms with E-state index in [-0.39, 0.29) is 6.10 Å². The van der Waals surface area contributed by atoms with Crippen LogP contribution in [-0.4, -0.2) is 36.3 Å². The van der Waals surface area contributed by atoms with Crippen molar-refractivity contribution in [3.63, 3.8) is 0 Å². The van der Waals surface area contributed by atoms with Gasteiger partial charge < -0.3 is 15.1 Å². The first-order valence-electron chi connectivity index (χ1n) is 7.29. The highest BCUT2D eigenvalue weighted by molar-refractivity contribution is 5.58. The van der Waals surface area contributed by atoms with Crippen molar-refractivity contribution in [3.05, 3.63) is 11.9 Å². The van der Waals surface area contributed by atoms with Crippen LogP contribution in [0.15, 0.2) is 6.33 Å². The molecule has 1 aliphatic heterocycles. The molecule has 6 heteroatoms. The number of aromatic nitrogens is 2. The van der Waals surface area contributed by atoms with Crippen molar-refractivity contribution >= 4 is 11.6 Å². The number of methoxy groups -OCH3 is 1. The van der Waals surface area contributed by atoms with E-state index < -0.39 is 0 Å². The first-order chi connectivity index (χ1) is 9.71. The number of hydrogen-bond donors (Lipinski definition) is 2. The normalized spacial score (nSPS) is 22.9. The zero-order valence-electron chi connectivity index (χ0n) is 12.6. The minimum absolute atomic E-state index is 0.252. The maximum absolute atomic E-state index is 5.59. The van der Waals surface area contributed by atoms with Crippen molar-refractivity contribution in [2.24, 2.45) is 11.8 Å². The second-order valence-electron chi connectivity index (χ2n) is 5.40. The lowest BCUT2D eigenvalue weighted by Gasteiger charge is -2.37. The summed E-state index contributed by atoms with van der Waals surface area (Å²) in [6.07, 6.45) is 4.89. The van der Waals surface area contributed by atoms with E-state index in [1.54, 1.807) is 13.4 Å². The van der Waals surface area contributed by atoms with Crippen LogP contribution in [0.3, 0.4) is 0 Å². The van der Waals surface area contributed by atoms with Crippen LogP contribution >= 0.6 is 0 Å². The molecule has 0 spiro atoms. The SMILES string of the molecule is CCCc1c(NN)ncnc1N1CCC(C)C(OC)C1. The van der Waals surface area contributed by atoms with Crippen LogP contribution in [-0.2, 0) is 11.2 Å². The van der Waals surface area contributed by atoms with E-state index in [4.69, 9.17) is 10.6 Å². The first-order valence-corrected chi connectivity index (χ1v) is 7.29. The molecule has 20 heavy (non-hydrogen) atoms. The average molecular weight is 279 g/mol. The fraction of sp³-hybridized carbons (Fsp3) is 0.714. The summed E-state index contributed by atoms with van der Waals surface area (Å²) in [7, 11) is 1.78. The predicted molar refractivity (Wildman–Crippen MR) is 80.6 cm³/mol. The minimum atomic E-state index is 0.252. The van der Waals surface area contributed by atoms with Gasteiger partial charge in [0.05, 0.1) is 6.10 Å². The summed E-state index contributed by atoms with van der Waals surface area (Å²) in [5.41, 5.74) is 3.78. The molecule has 2 unspecified atom stereocenters. The highest BCUT2D eigenvalue weighted by Crippen LogP contribution is 2.29. The van der Waals surface area contributed by atoms with Gasteiger partial charge in [0.2, 0.25) is 0 Å². The maximum Gasteiger partial charge on any atom is 0.148 e. The molecule has 2 heterocycles. The maximum atomic E-state index is 5.59. The van der Waals surface area contributed by atoms with Crippen LogP contribution in [0.4, 0.5) is 11.6 Å². The average Bonchev–Trinajstić information content (AvgIpc) is 2.48. The molecule has 0 saturated carbocycles. The van der Waals surface area contributed by atoms with E-state index in [1.165, 1.54) is 0 Å². The van der Waals surface area contributed by atoms with E-state index in [9.17, 15) is 0 Å². The summed E-state index contributed by atoms with van der Waals surface area (Å²) in [6, 6.07) is 0. The summed E-state index contributed by atoms with van der Waals surface area (Å²) in [4.78, 5) is 11.0. The van der Waals surface area contributed by atoms with Crippen molar-refractivity contribution in [2.75, 3.05) is 30.5 Å². The van der Waals surface area contributed by atoms with Crippen LogP contribution in [0.25, 0.3) is 0 Å². The molecule has 112 valence electrons. The lowest BCUT2D eigenvalue weighted by Crippen LogP contribution is -2.44. The molecule has 1 aliphatic rings. The third-order valence-corrected chi connectivity index (χ3v) is 4.05. The number of ether oxygens (including phenoxy) is 1. The molecule has 1 aromatic heterocycles. The quantitative estimate of drug-likeness (QED) is 0.629. The standard InChI is InChI=1S/C14H25N5O/c1-4-5-11-13(18-15)16-9-17-14(11)19-7-6-10(2)12(8-19)20-3/h9-10,12H,4-8,15H2,1-3H3,(H,16,17,18). The number of piperidine rings is 1. The number of hydrogen-bond acceptors (Lipinski definition) is 6. The molecule has 0 amide bonds. The highest BCUT2D eigenvalue weighted by atomic mass is 16.5. The van der Waals surface area contributed by atoms with Gasteiger partial charge in [0.15, 0.2) is 0 Å². The van der Waals surface area contributed by atoms with Gasteiger partial charge >= 0.3 is 0 Å². The molecule has 2 rings (SSSR count). The Bertz CT molecular complexity index is 440. The van der Waals surface area contributed by atoms with E-state index >= 15 is 0 Å². The van der Waals surface area contributed by atoms with Gasteiger partial charge in [-0.3, -0.25) is 0 Å². The molecule has 1 saturated heterocycles. The molecule has 1 aromatic rings. The van der Waals surface area contributed by atoms with Gasteiger partial charge in [-0.2, -0.15) is 0 Å². The molecule has 0 aliphatic carbocycles. The number of anilines is 2. The van der Waals surface area contributed by atoms with Crippen LogP contribution in [0.2, 0.25) is 0 Å². The predicted octanol–water partition coefficient (Wildman–Crippen LogP) is 1.58. The fourth-order valence-corrected chi connectivity index (χ4v) is 2.81. The molecule has 1 fully saturated rings. The molecule has 0 aromatic carbocycles. The molecule has 0 bridgehead atoms. The minimum Gasteiger partial charge on any atom is -0.379 e. The third-order valence-electron chi connectivity index (χ3n) is 4.05. The molecule has 3 N–H and O–H groups in total. The van der Waals surface area contributed by atoms with Gasteiger partial charge in [-0.05, 0) is 18.8 Å². The lowest BCUT2D eigenvalue weighted by molar-refractivity contribution is 0.0496. The monoisotopic (exact) mass is 279 g/mol. The molecule has 6 nitrogen and oxygen atoms in total. The Labute approximate surface area is 120 Å². The number of hydrazine groups is 1. The summed E-state index contributed by atoms with van der Waals surface area (Å²) >= 11 is 0. The molecule has 0 radical (unpaired) electrons. The van der Waals surface area contributed by atoms with Gasteiger partial charge in [0, 0.05) is 25.8 Å². The van der Waals surface area contributed by atoms with E-state index in [1.807, 2.05) is 0 Å². The number of rotatable bonds is 5. The Morgan fingerprint density at radius 3 is 2.95 bits per heavy atom. The Hall–Kier alpha value is -1.40. The smallest absolute Gasteiger partial charge is 0.148 e. The zero-order chi connectivity index (χ0) is 14.5. The third kappa shape index (κ3) is 3.02. The summed E-state index contributed by atoms with van der Waals surface area (Å²) in [5, 5.41) is 0. The zero-order valence-corrected chi connectivity index (χ0v) is 12.6. The van der Waals surface area contributed by atoms with Gasteiger partial charge in [-0.1, -0.05) is 20.3 Å². The molecular formula is C14H25N5O. The van der Waals surface area contributed by atoms with Crippen LogP contribution < -0.4 is 16.2 Å². The van der Waals surface area contributed by atoms with Crippen LogP contribution in [0, 0.1) is 5.92 Å². The van der Waals surface area contributed by atoms with Crippen molar-refractivity contribution in [3.8, 4) is 0 Å². The van der Waals surface area contributed by atoms with E-state index in [0.29, 0.717) is 5.92 Å². The first kappa shape index (κ1) is 15.0. The fourth-order valence-electron chi connectivity index (χ4n) is 2.81. The van der Waals surface area contributed by atoms with Crippen molar-refractivity contribution in [1.29, 1.82) is 0 Å². The largest absolute Gasteiger partial charge is 0.379 e. The van der Waals surface area contributed by atoms with Gasteiger partial charge in [-0.25, -0.2) is 15.8 Å². The second-order valence-corrected chi connectivity index (χ2v) is 5.40. The van der Waals surface area contributed by atoms with Crippen LogP contribution in [0.5, 0.6) is 0 Å². The summed E-state index contributed by atoms with van der Waals surface area (Å²) < 4.78 is 5.59. The number of nitrogens with two attached hydrogens (primary N) is 1. The summed E-state index contributed by atoms with van der Waals surface area (Å²) in [6.45, 7) is 6.26. The van der Waals surface area contributed by atoms with Gasteiger partial charge in [0.1, 0.15) is 18.0 Å². The Kier molecular flexibility index (Phi) is 5.14. The molecule has 2 atom stereocenters. The Morgan fingerprint density at radius 2 is 2.30 bits per heavy atom.